The molecule has 2 aromatic heterocycles. The van der Waals surface area contributed by atoms with Gasteiger partial charge < -0.3 is 15.2 Å². The fraction of sp³-hybridized carbons (Fsp3) is 0.200. The number of esters is 1. The van der Waals surface area contributed by atoms with Crippen LogP contribution >= 0.6 is 0 Å². The van der Waals surface area contributed by atoms with Crippen molar-refractivity contribution in [2.24, 2.45) is 10.2 Å². The van der Waals surface area contributed by atoms with Crippen LogP contribution in [0.2, 0.25) is 0 Å². The zero-order valence-corrected chi connectivity index (χ0v) is 16.1. The molecule has 0 aliphatic rings. The van der Waals surface area contributed by atoms with Crippen LogP contribution in [0.25, 0.3) is 10.9 Å². The minimum atomic E-state index is -0.709. The molecule has 10 nitrogen and oxygen atoms in total. The number of hydrogen-bond acceptors (Lipinski definition) is 7. The average Bonchev–Trinajstić information content (AvgIpc) is 3.02. The first-order valence-electron chi connectivity index (χ1n) is 9.09. The van der Waals surface area contributed by atoms with E-state index >= 15 is 0 Å². The Kier molecular flexibility index (Phi) is 6.48. The molecule has 0 fully saturated rings. The summed E-state index contributed by atoms with van der Waals surface area (Å²) in [5.41, 5.74) is 0.938. The van der Waals surface area contributed by atoms with Gasteiger partial charge in [0.2, 0.25) is 5.88 Å². The second kappa shape index (κ2) is 9.41. The Morgan fingerprint density at radius 1 is 1.17 bits per heavy atom. The lowest BCUT2D eigenvalue weighted by atomic mass is 10.2. The van der Waals surface area contributed by atoms with Crippen LogP contribution in [0.15, 0.2) is 59.0 Å². The SMILES string of the molecule is CCOC(=O)Cn1c(O)c(N=NC(=O)CNC(=O)c2ccncc2)c2ccccc21. The molecule has 2 amide bonds. The lowest BCUT2D eigenvalue weighted by Crippen LogP contribution is -2.28. The van der Waals surface area contributed by atoms with E-state index in [9.17, 15) is 19.5 Å². The molecule has 0 radical (unpaired) electrons. The lowest BCUT2D eigenvalue weighted by Gasteiger charge is -2.06. The molecule has 154 valence electrons. The molecule has 0 saturated carbocycles. The van der Waals surface area contributed by atoms with Crippen molar-refractivity contribution >= 4 is 34.4 Å². The number of aromatic hydroxyl groups is 1. The third-order valence-corrected chi connectivity index (χ3v) is 4.11. The first-order valence-corrected chi connectivity index (χ1v) is 9.09. The van der Waals surface area contributed by atoms with Crippen LogP contribution in [0.5, 0.6) is 5.88 Å². The summed E-state index contributed by atoms with van der Waals surface area (Å²) in [5, 5.41) is 20.9. The maximum atomic E-state index is 12.0. The topological polar surface area (TPSA) is 135 Å². The van der Waals surface area contributed by atoms with Crippen LogP contribution in [0.1, 0.15) is 17.3 Å². The summed E-state index contributed by atoms with van der Waals surface area (Å²) < 4.78 is 6.26. The number of rotatable bonds is 7. The van der Waals surface area contributed by atoms with Crippen molar-refractivity contribution in [3.05, 3.63) is 54.4 Å². The summed E-state index contributed by atoms with van der Waals surface area (Å²) in [7, 11) is 0. The molecule has 3 rings (SSSR count). The molecule has 0 spiro atoms. The van der Waals surface area contributed by atoms with Crippen molar-refractivity contribution in [2.45, 2.75) is 13.5 Å². The van der Waals surface area contributed by atoms with Gasteiger partial charge >= 0.3 is 5.97 Å². The molecule has 0 saturated heterocycles. The van der Waals surface area contributed by atoms with Crippen molar-refractivity contribution in [3.63, 3.8) is 0 Å². The van der Waals surface area contributed by atoms with Gasteiger partial charge in [0, 0.05) is 23.3 Å². The number of pyridine rings is 1. The Balaban J connectivity index is 1.75. The van der Waals surface area contributed by atoms with E-state index in [1.807, 2.05) is 0 Å². The number of carbonyl (C=O) groups is 3. The summed E-state index contributed by atoms with van der Waals surface area (Å²) in [4.78, 5) is 39.6. The monoisotopic (exact) mass is 409 g/mol. The number of hydrogen-bond donors (Lipinski definition) is 2. The van der Waals surface area contributed by atoms with Gasteiger partial charge in [0.15, 0.2) is 5.69 Å². The van der Waals surface area contributed by atoms with Crippen LogP contribution in [0.4, 0.5) is 5.69 Å². The van der Waals surface area contributed by atoms with Gasteiger partial charge in [0.1, 0.15) is 13.1 Å². The molecule has 0 aliphatic carbocycles. The van der Waals surface area contributed by atoms with E-state index in [-0.39, 0.29) is 31.3 Å². The smallest absolute Gasteiger partial charge is 0.326 e. The Hall–Kier alpha value is -4.08. The number of amides is 2. The molecule has 0 bridgehead atoms. The van der Waals surface area contributed by atoms with Gasteiger partial charge in [-0.05, 0) is 25.1 Å². The van der Waals surface area contributed by atoms with Crippen LogP contribution in [-0.2, 0) is 20.9 Å². The van der Waals surface area contributed by atoms with E-state index < -0.39 is 17.8 Å². The minimum absolute atomic E-state index is 0.0451. The first-order chi connectivity index (χ1) is 14.5. The molecule has 0 aliphatic heterocycles. The van der Waals surface area contributed by atoms with Crippen LogP contribution in [-0.4, -0.2) is 45.6 Å². The fourth-order valence-corrected chi connectivity index (χ4v) is 2.77. The average molecular weight is 409 g/mol. The normalized spacial score (nSPS) is 11.0. The lowest BCUT2D eigenvalue weighted by molar-refractivity contribution is -0.143. The number of carbonyl (C=O) groups excluding carboxylic acids is 3. The molecule has 10 heteroatoms. The zero-order chi connectivity index (χ0) is 21.5. The summed E-state index contributed by atoms with van der Waals surface area (Å²) in [6, 6.07) is 9.87. The predicted octanol–water partition coefficient (Wildman–Crippen LogP) is 2.35. The van der Waals surface area contributed by atoms with E-state index in [1.165, 1.54) is 29.1 Å². The molecule has 2 N–H and O–H groups in total. The Morgan fingerprint density at radius 2 is 1.90 bits per heavy atom. The third kappa shape index (κ3) is 4.66. The minimum Gasteiger partial charge on any atom is -0.493 e. The zero-order valence-electron chi connectivity index (χ0n) is 16.1. The van der Waals surface area contributed by atoms with E-state index in [2.05, 4.69) is 20.5 Å². The van der Waals surface area contributed by atoms with E-state index in [4.69, 9.17) is 4.74 Å². The Morgan fingerprint density at radius 3 is 2.63 bits per heavy atom. The maximum Gasteiger partial charge on any atom is 0.326 e. The highest BCUT2D eigenvalue weighted by Gasteiger charge is 2.19. The summed E-state index contributed by atoms with van der Waals surface area (Å²) in [6.45, 7) is 1.31. The highest BCUT2D eigenvalue weighted by Crippen LogP contribution is 2.38. The predicted molar refractivity (Wildman–Crippen MR) is 106 cm³/mol. The number of benzene rings is 1. The third-order valence-electron chi connectivity index (χ3n) is 4.11. The number of aromatic nitrogens is 2. The fourth-order valence-electron chi connectivity index (χ4n) is 2.77. The van der Waals surface area contributed by atoms with Gasteiger partial charge in [-0.25, -0.2) is 0 Å². The standard InChI is InChI=1S/C20H19N5O5/c1-2-30-17(27)12-25-15-6-4-3-5-14(15)18(20(25)29)24-23-16(26)11-22-19(28)13-7-9-21-10-8-13/h3-10,29H,2,11-12H2,1H3,(H,22,28). The first kappa shape index (κ1) is 20.6. The summed E-state index contributed by atoms with van der Waals surface area (Å²) in [6.07, 6.45) is 2.93. The van der Waals surface area contributed by atoms with Crippen LogP contribution < -0.4 is 5.32 Å². The van der Waals surface area contributed by atoms with Crippen molar-refractivity contribution in [3.8, 4) is 5.88 Å². The second-order valence-electron chi connectivity index (χ2n) is 6.09. The molecule has 1 aromatic carbocycles. The van der Waals surface area contributed by atoms with Crippen molar-refractivity contribution in [1.82, 2.24) is 14.9 Å². The Labute approximate surface area is 171 Å². The van der Waals surface area contributed by atoms with Crippen molar-refractivity contribution in [1.29, 1.82) is 0 Å². The van der Waals surface area contributed by atoms with Crippen molar-refractivity contribution < 1.29 is 24.2 Å². The molecule has 0 atom stereocenters. The highest BCUT2D eigenvalue weighted by atomic mass is 16.5. The number of para-hydroxylation sites is 1. The van der Waals surface area contributed by atoms with Gasteiger partial charge in [-0.1, -0.05) is 18.2 Å². The summed E-state index contributed by atoms with van der Waals surface area (Å²) in [5.74, 6) is -2.00. The number of fused-ring (bicyclic) bond motifs is 1. The van der Waals surface area contributed by atoms with Gasteiger partial charge in [-0.2, -0.15) is 0 Å². The molecule has 30 heavy (non-hydrogen) atoms. The van der Waals surface area contributed by atoms with Gasteiger partial charge in [-0.15, -0.1) is 10.2 Å². The molecular weight excluding hydrogens is 390 g/mol. The summed E-state index contributed by atoms with van der Waals surface area (Å²) >= 11 is 0. The molecular formula is C20H19N5O5. The number of ether oxygens (including phenoxy) is 1. The number of nitrogens with zero attached hydrogens (tertiary/aromatic N) is 4. The van der Waals surface area contributed by atoms with E-state index in [0.29, 0.717) is 16.5 Å². The number of azo groups is 1. The van der Waals surface area contributed by atoms with E-state index in [0.717, 1.165) is 0 Å². The molecule has 3 aromatic rings. The second-order valence-corrected chi connectivity index (χ2v) is 6.09. The maximum absolute atomic E-state index is 12.0. The van der Waals surface area contributed by atoms with Crippen LogP contribution in [0, 0.1) is 0 Å². The van der Waals surface area contributed by atoms with E-state index in [1.54, 1.807) is 31.2 Å². The highest BCUT2D eigenvalue weighted by molar-refractivity contribution is 5.97. The number of nitrogens with one attached hydrogen (secondary N) is 1. The van der Waals surface area contributed by atoms with Gasteiger partial charge in [0.05, 0.1) is 12.1 Å². The van der Waals surface area contributed by atoms with Crippen molar-refractivity contribution in [2.75, 3.05) is 13.2 Å². The molecule has 2 heterocycles. The quantitative estimate of drug-likeness (QED) is 0.454. The molecule has 0 unspecified atom stereocenters. The Bertz CT molecular complexity index is 1110. The largest absolute Gasteiger partial charge is 0.493 e. The van der Waals surface area contributed by atoms with Gasteiger partial charge in [-0.3, -0.25) is 23.9 Å². The van der Waals surface area contributed by atoms with Gasteiger partial charge in [0.25, 0.3) is 11.8 Å². The van der Waals surface area contributed by atoms with Crippen LogP contribution in [0.3, 0.4) is 0 Å².